The largest absolute Gasteiger partial charge is 0.395 e. The van der Waals surface area contributed by atoms with Gasteiger partial charge in [0.2, 0.25) is 0 Å². The summed E-state index contributed by atoms with van der Waals surface area (Å²) in [5, 5.41) is 18.5. The first kappa shape index (κ1) is 16.1. The molecule has 5 nitrogen and oxygen atoms in total. The summed E-state index contributed by atoms with van der Waals surface area (Å²) in [6.45, 7) is 6.75. The smallest absolute Gasteiger partial charge is 0.147 e. The van der Waals surface area contributed by atoms with E-state index in [0.29, 0.717) is 5.92 Å². The Balaban J connectivity index is 1.82. The standard InChI is InChI=1S/C18H26N4O/c1-3-22-14(2)19-20-18(22)12-21(17(13-23)16-9-10-16)11-15-7-5-4-6-8-15/h4-8,16-17,23H,3,9-13H2,1-2H3. The van der Waals surface area contributed by atoms with E-state index in [2.05, 4.69) is 50.9 Å². The van der Waals surface area contributed by atoms with Crippen molar-refractivity contribution in [2.45, 2.75) is 52.4 Å². The van der Waals surface area contributed by atoms with Crippen molar-refractivity contribution in [3.63, 3.8) is 0 Å². The van der Waals surface area contributed by atoms with Crippen LogP contribution in [-0.2, 0) is 19.6 Å². The van der Waals surface area contributed by atoms with E-state index < -0.39 is 0 Å². The van der Waals surface area contributed by atoms with E-state index in [1.807, 2.05) is 13.0 Å². The van der Waals surface area contributed by atoms with Gasteiger partial charge in [0.15, 0.2) is 0 Å². The molecule has 124 valence electrons. The van der Waals surface area contributed by atoms with Crippen molar-refractivity contribution in [2.24, 2.45) is 5.92 Å². The molecule has 1 aromatic heterocycles. The number of hydrogen-bond donors (Lipinski definition) is 1. The highest BCUT2D eigenvalue weighted by Gasteiger charge is 2.35. The average Bonchev–Trinajstić information content (AvgIpc) is 3.33. The van der Waals surface area contributed by atoms with Crippen LogP contribution in [0.2, 0.25) is 0 Å². The molecule has 0 bridgehead atoms. The normalized spacial score (nSPS) is 16.0. The van der Waals surface area contributed by atoms with Crippen molar-refractivity contribution in [3.05, 3.63) is 47.5 Å². The van der Waals surface area contributed by atoms with Crippen molar-refractivity contribution < 1.29 is 5.11 Å². The highest BCUT2D eigenvalue weighted by atomic mass is 16.3. The van der Waals surface area contributed by atoms with Crippen LogP contribution in [0.25, 0.3) is 0 Å². The zero-order chi connectivity index (χ0) is 16.2. The van der Waals surface area contributed by atoms with Gasteiger partial charge in [-0.2, -0.15) is 0 Å². The van der Waals surface area contributed by atoms with Crippen LogP contribution < -0.4 is 0 Å². The number of aryl methyl sites for hydroxylation is 1. The maximum Gasteiger partial charge on any atom is 0.147 e. The van der Waals surface area contributed by atoms with Gasteiger partial charge in [0.05, 0.1) is 13.2 Å². The minimum absolute atomic E-state index is 0.205. The number of hydrogen-bond acceptors (Lipinski definition) is 4. The third kappa shape index (κ3) is 3.79. The topological polar surface area (TPSA) is 54.2 Å². The van der Waals surface area contributed by atoms with Crippen LogP contribution in [0.4, 0.5) is 0 Å². The quantitative estimate of drug-likeness (QED) is 0.813. The van der Waals surface area contributed by atoms with Gasteiger partial charge in [0.1, 0.15) is 11.6 Å². The lowest BCUT2D eigenvalue weighted by atomic mass is 10.1. The first-order valence-corrected chi connectivity index (χ1v) is 8.50. The van der Waals surface area contributed by atoms with Gasteiger partial charge in [0.25, 0.3) is 0 Å². The molecule has 0 radical (unpaired) electrons. The molecule has 1 heterocycles. The number of aliphatic hydroxyl groups excluding tert-OH is 1. The lowest BCUT2D eigenvalue weighted by Gasteiger charge is -2.30. The van der Waals surface area contributed by atoms with Crippen molar-refractivity contribution in [1.29, 1.82) is 0 Å². The Morgan fingerprint density at radius 2 is 1.96 bits per heavy atom. The molecule has 1 aliphatic carbocycles. The average molecular weight is 314 g/mol. The summed E-state index contributed by atoms with van der Waals surface area (Å²) >= 11 is 0. The summed E-state index contributed by atoms with van der Waals surface area (Å²) in [6.07, 6.45) is 2.44. The molecule has 1 N–H and O–H groups in total. The third-order valence-corrected chi connectivity index (χ3v) is 4.72. The second kappa shape index (κ2) is 7.23. The number of aliphatic hydroxyl groups is 1. The molecule has 1 aromatic carbocycles. The van der Waals surface area contributed by atoms with Gasteiger partial charge >= 0.3 is 0 Å². The Bertz CT molecular complexity index is 621. The minimum atomic E-state index is 0.205. The van der Waals surface area contributed by atoms with Gasteiger partial charge in [-0.25, -0.2) is 0 Å². The first-order valence-electron chi connectivity index (χ1n) is 8.50. The van der Waals surface area contributed by atoms with Crippen LogP contribution in [-0.4, -0.2) is 37.4 Å². The fourth-order valence-electron chi connectivity index (χ4n) is 3.29. The molecule has 0 saturated heterocycles. The predicted octanol–water partition coefficient (Wildman–Crippen LogP) is 2.38. The monoisotopic (exact) mass is 314 g/mol. The molecule has 1 aliphatic rings. The molecule has 0 amide bonds. The second-order valence-corrected chi connectivity index (χ2v) is 6.39. The molecular formula is C18H26N4O. The van der Waals surface area contributed by atoms with Crippen LogP contribution in [0.5, 0.6) is 0 Å². The molecule has 23 heavy (non-hydrogen) atoms. The Labute approximate surface area is 138 Å². The highest BCUT2D eigenvalue weighted by molar-refractivity contribution is 5.15. The molecule has 1 fully saturated rings. The molecule has 3 rings (SSSR count). The van der Waals surface area contributed by atoms with Crippen LogP contribution >= 0.6 is 0 Å². The van der Waals surface area contributed by atoms with Crippen molar-refractivity contribution in [1.82, 2.24) is 19.7 Å². The van der Waals surface area contributed by atoms with Crippen molar-refractivity contribution in [2.75, 3.05) is 6.61 Å². The van der Waals surface area contributed by atoms with E-state index >= 15 is 0 Å². The van der Waals surface area contributed by atoms with Gasteiger partial charge < -0.3 is 9.67 Å². The third-order valence-electron chi connectivity index (χ3n) is 4.72. The molecule has 2 aromatic rings. The zero-order valence-electron chi connectivity index (χ0n) is 14.0. The number of rotatable bonds is 8. The number of benzene rings is 1. The summed E-state index contributed by atoms with van der Waals surface area (Å²) < 4.78 is 2.15. The van der Waals surface area contributed by atoms with E-state index in [1.54, 1.807) is 0 Å². The minimum Gasteiger partial charge on any atom is -0.395 e. The van der Waals surface area contributed by atoms with Crippen LogP contribution in [0.1, 0.15) is 37.0 Å². The van der Waals surface area contributed by atoms with Crippen LogP contribution in [0.15, 0.2) is 30.3 Å². The number of nitrogens with zero attached hydrogens (tertiary/aromatic N) is 4. The fraction of sp³-hybridized carbons (Fsp3) is 0.556. The molecule has 0 spiro atoms. The molecular weight excluding hydrogens is 288 g/mol. The van der Waals surface area contributed by atoms with E-state index in [4.69, 9.17) is 0 Å². The number of aromatic nitrogens is 3. The van der Waals surface area contributed by atoms with Gasteiger partial charge in [-0.3, -0.25) is 4.90 Å². The van der Waals surface area contributed by atoms with E-state index in [-0.39, 0.29) is 12.6 Å². The summed E-state index contributed by atoms with van der Waals surface area (Å²) in [6, 6.07) is 10.7. The fourth-order valence-corrected chi connectivity index (χ4v) is 3.29. The molecule has 5 heteroatoms. The van der Waals surface area contributed by atoms with Crippen LogP contribution in [0, 0.1) is 12.8 Å². The summed E-state index contributed by atoms with van der Waals surface area (Å²) in [5.41, 5.74) is 1.27. The summed E-state index contributed by atoms with van der Waals surface area (Å²) in [7, 11) is 0. The van der Waals surface area contributed by atoms with Crippen molar-refractivity contribution >= 4 is 0 Å². The van der Waals surface area contributed by atoms with E-state index in [0.717, 1.165) is 31.3 Å². The van der Waals surface area contributed by atoms with Gasteiger partial charge in [-0.15, -0.1) is 10.2 Å². The Morgan fingerprint density at radius 3 is 2.57 bits per heavy atom. The van der Waals surface area contributed by atoms with Gasteiger partial charge in [-0.05, 0) is 38.2 Å². The first-order chi connectivity index (χ1) is 11.2. The molecule has 1 atom stereocenters. The van der Waals surface area contributed by atoms with Crippen LogP contribution in [0.3, 0.4) is 0 Å². The lowest BCUT2D eigenvalue weighted by molar-refractivity contribution is 0.0910. The SMILES string of the molecule is CCn1c(C)nnc1CN(Cc1ccccc1)C(CO)C1CC1. The Kier molecular flexibility index (Phi) is 5.08. The molecule has 1 unspecified atom stereocenters. The zero-order valence-corrected chi connectivity index (χ0v) is 14.0. The molecule has 1 saturated carbocycles. The second-order valence-electron chi connectivity index (χ2n) is 6.39. The molecule has 0 aliphatic heterocycles. The highest BCUT2D eigenvalue weighted by Crippen LogP contribution is 2.36. The predicted molar refractivity (Wildman–Crippen MR) is 89.7 cm³/mol. The van der Waals surface area contributed by atoms with Crippen molar-refractivity contribution in [3.8, 4) is 0 Å². The maximum absolute atomic E-state index is 9.91. The lowest BCUT2D eigenvalue weighted by Crippen LogP contribution is -2.39. The Hall–Kier alpha value is -1.72. The maximum atomic E-state index is 9.91. The van der Waals surface area contributed by atoms with E-state index in [9.17, 15) is 5.11 Å². The summed E-state index contributed by atoms with van der Waals surface area (Å²) in [4.78, 5) is 2.36. The van der Waals surface area contributed by atoms with Gasteiger partial charge in [0, 0.05) is 19.1 Å². The van der Waals surface area contributed by atoms with Gasteiger partial charge in [-0.1, -0.05) is 30.3 Å². The Morgan fingerprint density at radius 1 is 1.22 bits per heavy atom. The summed E-state index contributed by atoms with van der Waals surface area (Å²) in [5.74, 6) is 2.55. The van der Waals surface area contributed by atoms with E-state index in [1.165, 1.54) is 18.4 Å².